The molecule has 3 heteroatoms. The molecule has 2 nitrogen and oxygen atoms in total. The summed E-state index contributed by atoms with van der Waals surface area (Å²) >= 11 is 0. The van der Waals surface area contributed by atoms with Gasteiger partial charge in [0.1, 0.15) is 0 Å². The summed E-state index contributed by atoms with van der Waals surface area (Å²) in [6, 6.07) is 0. The Morgan fingerprint density at radius 1 is 1.15 bits per heavy atom. The van der Waals surface area contributed by atoms with Crippen molar-refractivity contribution in [3.8, 4) is 0 Å². The zero-order valence-corrected chi connectivity index (χ0v) is 9.63. The predicted octanol–water partition coefficient (Wildman–Crippen LogP) is -1.09. The Morgan fingerprint density at radius 3 is 1.77 bits per heavy atom. The number of hydrogen-bond donors (Lipinski definition) is 0. The molecule has 72 valence electrons. The van der Waals surface area contributed by atoms with Gasteiger partial charge in [0, 0.05) is 12.0 Å². The van der Waals surface area contributed by atoms with Gasteiger partial charge in [0.2, 0.25) is 0 Å². The van der Waals surface area contributed by atoms with Crippen LogP contribution in [0.3, 0.4) is 0 Å². The van der Waals surface area contributed by atoms with Crippen LogP contribution >= 0.6 is 0 Å². The second kappa shape index (κ2) is 7.35. The number of hydrogen-bond acceptors (Lipinski definition) is 2. The van der Waals surface area contributed by atoms with Crippen molar-refractivity contribution in [2.45, 2.75) is 40.7 Å². The third-order valence-corrected chi connectivity index (χ3v) is 1.80. The van der Waals surface area contributed by atoms with Crippen molar-refractivity contribution in [2.75, 3.05) is 0 Å². The minimum absolute atomic E-state index is 0. The smallest absolute Gasteiger partial charge is 0.610 e. The normalized spacial score (nSPS) is 12.2. The van der Waals surface area contributed by atoms with E-state index in [0.717, 1.165) is 0 Å². The van der Waals surface area contributed by atoms with Crippen molar-refractivity contribution in [1.29, 1.82) is 0 Å². The van der Waals surface area contributed by atoms with E-state index in [0.29, 0.717) is 11.8 Å². The van der Waals surface area contributed by atoms with E-state index in [9.17, 15) is 5.11 Å². The van der Waals surface area contributed by atoms with Crippen molar-refractivity contribution >= 4 is 0 Å². The first-order valence-corrected chi connectivity index (χ1v) is 4.49. The first-order chi connectivity index (χ1) is 5.49. The van der Waals surface area contributed by atoms with Gasteiger partial charge in [-0.05, 0) is 18.8 Å². The van der Waals surface area contributed by atoms with Crippen molar-refractivity contribution in [3.05, 3.63) is 12.0 Å². The van der Waals surface area contributed by atoms with Crippen LogP contribution in [0.25, 0.3) is 0 Å². The fourth-order valence-corrected chi connectivity index (χ4v) is 1.24. The van der Waals surface area contributed by atoms with Gasteiger partial charge in [0.25, 0.3) is 0 Å². The van der Waals surface area contributed by atoms with Crippen LogP contribution in [0.2, 0.25) is 0 Å². The summed E-state index contributed by atoms with van der Waals surface area (Å²) in [5.74, 6) is 0.546. The van der Waals surface area contributed by atoms with E-state index in [2.05, 4.69) is 27.7 Å². The summed E-state index contributed by atoms with van der Waals surface area (Å²) in [5.41, 5.74) is 0. The van der Waals surface area contributed by atoms with Gasteiger partial charge in [-0.15, -0.1) is 0 Å². The largest absolute Gasteiger partial charge is 1.00 e. The summed E-state index contributed by atoms with van der Waals surface area (Å²) in [6.45, 7) is 9.95. The first-order valence-electron chi connectivity index (χ1n) is 4.49. The molecule has 0 aliphatic carbocycles. The van der Waals surface area contributed by atoms with E-state index >= 15 is 0 Å². The Labute approximate surface area is 93.5 Å². The van der Waals surface area contributed by atoms with Crippen LogP contribution in [0.5, 0.6) is 0 Å². The molecule has 0 bridgehead atoms. The standard InChI is InChI=1S/C10H20O2.Li/c1-6-9(11)12-10(7(2)3)8(4)5;/h6-8,10-11H,1-5H3;/q;+1/p-1/b9-6-;. The molecule has 0 N–H and O–H groups in total. The fourth-order valence-electron chi connectivity index (χ4n) is 1.24. The molecule has 0 aliphatic rings. The van der Waals surface area contributed by atoms with Crippen LogP contribution in [-0.2, 0) is 4.74 Å². The van der Waals surface area contributed by atoms with Gasteiger partial charge in [-0.1, -0.05) is 33.8 Å². The molecule has 0 aliphatic heterocycles. The minimum Gasteiger partial charge on any atom is -0.610 e. The van der Waals surface area contributed by atoms with E-state index in [1.165, 1.54) is 6.08 Å². The maximum Gasteiger partial charge on any atom is 1.00 e. The summed E-state index contributed by atoms with van der Waals surface area (Å²) in [7, 11) is 0. The van der Waals surface area contributed by atoms with Crippen molar-refractivity contribution in [1.82, 2.24) is 0 Å². The quantitative estimate of drug-likeness (QED) is 0.405. The molecule has 0 heterocycles. The number of rotatable bonds is 4. The van der Waals surface area contributed by atoms with Gasteiger partial charge in [0.15, 0.2) is 0 Å². The molecule has 0 spiro atoms. The van der Waals surface area contributed by atoms with E-state index < -0.39 is 0 Å². The Bertz CT molecular complexity index is 145. The third-order valence-electron chi connectivity index (χ3n) is 1.80. The van der Waals surface area contributed by atoms with Crippen molar-refractivity contribution in [2.24, 2.45) is 11.8 Å². The second-order valence-corrected chi connectivity index (χ2v) is 3.68. The van der Waals surface area contributed by atoms with E-state index in [1.54, 1.807) is 6.92 Å². The summed E-state index contributed by atoms with van der Waals surface area (Å²) in [6.07, 6.45) is 1.49. The molecule has 0 aromatic carbocycles. The van der Waals surface area contributed by atoms with Gasteiger partial charge in [-0.25, -0.2) is 0 Å². The maximum atomic E-state index is 11.0. The average Bonchev–Trinajstić information content (AvgIpc) is 1.98. The van der Waals surface area contributed by atoms with Gasteiger partial charge in [-0.2, -0.15) is 0 Å². The Balaban J connectivity index is 0. The molecule has 0 aromatic heterocycles. The Hall–Kier alpha value is -0.0626. The topological polar surface area (TPSA) is 32.3 Å². The molecular weight excluding hydrogens is 159 g/mol. The molecular formula is C10H19LiO2. The van der Waals surface area contributed by atoms with Crippen LogP contribution in [0.4, 0.5) is 0 Å². The molecule has 0 radical (unpaired) electrons. The number of allylic oxidation sites excluding steroid dienone is 1. The maximum absolute atomic E-state index is 11.0. The third kappa shape index (κ3) is 6.07. The van der Waals surface area contributed by atoms with Gasteiger partial charge < -0.3 is 9.84 Å². The first kappa shape index (κ1) is 15.4. The predicted molar refractivity (Wildman–Crippen MR) is 48.3 cm³/mol. The monoisotopic (exact) mass is 178 g/mol. The Morgan fingerprint density at radius 2 is 1.54 bits per heavy atom. The van der Waals surface area contributed by atoms with Crippen LogP contribution < -0.4 is 24.0 Å². The average molecular weight is 178 g/mol. The van der Waals surface area contributed by atoms with E-state index in [4.69, 9.17) is 4.74 Å². The van der Waals surface area contributed by atoms with E-state index in [1.807, 2.05) is 0 Å². The minimum atomic E-state index is -0.220. The molecule has 0 saturated carbocycles. The van der Waals surface area contributed by atoms with Gasteiger partial charge in [0.05, 0.1) is 0 Å². The zero-order valence-electron chi connectivity index (χ0n) is 9.63. The van der Waals surface area contributed by atoms with Crippen LogP contribution in [0, 0.1) is 11.8 Å². The van der Waals surface area contributed by atoms with Crippen LogP contribution in [0.15, 0.2) is 12.0 Å². The molecule has 0 aromatic rings. The van der Waals surface area contributed by atoms with Crippen LogP contribution in [-0.4, -0.2) is 6.10 Å². The van der Waals surface area contributed by atoms with Gasteiger partial charge >= 0.3 is 18.9 Å². The number of ether oxygens (including phenoxy) is 1. The molecule has 0 unspecified atom stereocenters. The molecule has 0 fully saturated rings. The molecule has 13 heavy (non-hydrogen) atoms. The molecule has 0 rings (SSSR count). The summed E-state index contributed by atoms with van der Waals surface area (Å²) in [4.78, 5) is 0. The van der Waals surface area contributed by atoms with Gasteiger partial charge in [-0.3, -0.25) is 0 Å². The summed E-state index contributed by atoms with van der Waals surface area (Å²) in [5, 5.41) is 11.0. The van der Waals surface area contributed by atoms with Crippen molar-refractivity contribution in [3.63, 3.8) is 0 Å². The molecule has 0 saturated heterocycles. The summed E-state index contributed by atoms with van der Waals surface area (Å²) < 4.78 is 5.23. The molecule has 0 amide bonds. The molecule has 0 atom stereocenters. The van der Waals surface area contributed by atoms with E-state index in [-0.39, 0.29) is 30.9 Å². The SMILES string of the molecule is C/C=C(/[O-])OC(C(C)C)C(C)C.[Li+]. The second-order valence-electron chi connectivity index (χ2n) is 3.68. The van der Waals surface area contributed by atoms with Crippen molar-refractivity contribution < 1.29 is 28.7 Å². The zero-order chi connectivity index (χ0) is 9.72. The Kier molecular flexibility index (Phi) is 8.72. The van der Waals surface area contributed by atoms with Crippen LogP contribution in [0.1, 0.15) is 34.6 Å². The fraction of sp³-hybridized carbons (Fsp3) is 0.800.